The van der Waals surface area contributed by atoms with E-state index in [2.05, 4.69) is 18.9 Å². The van der Waals surface area contributed by atoms with Crippen LogP contribution >= 0.6 is 0 Å². The maximum absolute atomic E-state index is 11.9. The van der Waals surface area contributed by atoms with Crippen molar-refractivity contribution in [2.75, 3.05) is 5.75 Å². The molecule has 18 heavy (non-hydrogen) atoms. The van der Waals surface area contributed by atoms with Gasteiger partial charge in [-0.1, -0.05) is 20.8 Å². The van der Waals surface area contributed by atoms with Crippen LogP contribution < -0.4 is 5.73 Å². The third-order valence-corrected chi connectivity index (χ3v) is 4.63. The van der Waals surface area contributed by atoms with Gasteiger partial charge >= 0.3 is 0 Å². The summed E-state index contributed by atoms with van der Waals surface area (Å²) in [7, 11) is -0.906. The Kier molecular flexibility index (Phi) is 6.57. The van der Waals surface area contributed by atoms with Crippen molar-refractivity contribution in [3.8, 4) is 0 Å². The number of hydrogen-bond donors (Lipinski definition) is 1. The van der Waals surface area contributed by atoms with Gasteiger partial charge in [0.25, 0.3) is 0 Å². The molecule has 1 aromatic rings. The molecule has 1 heterocycles. The Morgan fingerprint density at radius 3 is 2.56 bits per heavy atom. The Balaban J connectivity index is 2.56. The number of nitrogens with two attached hydrogens (primary N) is 1. The molecule has 0 bridgehead atoms. The van der Waals surface area contributed by atoms with Crippen LogP contribution in [0.15, 0.2) is 12.3 Å². The van der Waals surface area contributed by atoms with Gasteiger partial charge in [0.2, 0.25) is 0 Å². The average molecular weight is 271 g/mol. The summed E-state index contributed by atoms with van der Waals surface area (Å²) in [6, 6.07) is 2.45. The molecule has 0 amide bonds. The van der Waals surface area contributed by atoms with Crippen LogP contribution in [-0.4, -0.2) is 25.8 Å². The van der Waals surface area contributed by atoms with Gasteiger partial charge in [-0.2, -0.15) is 5.10 Å². The summed E-state index contributed by atoms with van der Waals surface area (Å²) in [6.07, 6.45) is 5.00. The van der Waals surface area contributed by atoms with Crippen molar-refractivity contribution in [3.05, 3.63) is 18.0 Å². The Labute approximate surface area is 112 Å². The second-order valence-corrected chi connectivity index (χ2v) is 6.18. The van der Waals surface area contributed by atoms with Crippen molar-refractivity contribution in [1.82, 2.24) is 9.78 Å². The van der Waals surface area contributed by atoms with E-state index in [0.717, 1.165) is 25.0 Å². The first-order valence-electron chi connectivity index (χ1n) is 6.75. The number of nitrogens with zero attached hydrogens (tertiary/aromatic N) is 2. The van der Waals surface area contributed by atoms with E-state index in [0.29, 0.717) is 17.5 Å². The lowest BCUT2D eigenvalue weighted by atomic mass is 10.2. The molecular formula is C13H25N3OS. The van der Waals surface area contributed by atoms with Gasteiger partial charge in [0.05, 0.1) is 17.5 Å². The Bertz CT molecular complexity index is 374. The minimum absolute atomic E-state index is 0.0342. The highest BCUT2D eigenvalue weighted by Crippen LogP contribution is 2.15. The molecule has 4 nitrogen and oxygen atoms in total. The van der Waals surface area contributed by atoms with Crippen LogP contribution in [0.3, 0.4) is 0 Å². The second kappa shape index (κ2) is 7.69. The van der Waals surface area contributed by atoms with Gasteiger partial charge in [0.1, 0.15) is 0 Å². The fourth-order valence-corrected chi connectivity index (χ4v) is 3.22. The zero-order chi connectivity index (χ0) is 13.5. The van der Waals surface area contributed by atoms with Gasteiger partial charge in [-0.3, -0.25) is 8.89 Å². The van der Waals surface area contributed by atoms with Crippen LogP contribution in [0.4, 0.5) is 0 Å². The van der Waals surface area contributed by atoms with Crippen molar-refractivity contribution in [2.24, 2.45) is 5.73 Å². The molecule has 0 aliphatic carbocycles. The summed E-state index contributed by atoms with van der Waals surface area (Å²) in [6.45, 7) is 6.34. The van der Waals surface area contributed by atoms with E-state index >= 15 is 0 Å². The van der Waals surface area contributed by atoms with Crippen LogP contribution in [0.5, 0.6) is 0 Å². The Hall–Kier alpha value is -0.680. The monoisotopic (exact) mass is 271 g/mol. The molecule has 0 saturated heterocycles. The molecule has 0 fully saturated rings. The van der Waals surface area contributed by atoms with E-state index in [1.807, 2.05) is 23.9 Å². The molecule has 2 unspecified atom stereocenters. The molecule has 2 atom stereocenters. The zero-order valence-corrected chi connectivity index (χ0v) is 12.4. The second-order valence-electron chi connectivity index (χ2n) is 4.68. The van der Waals surface area contributed by atoms with E-state index in [9.17, 15) is 4.21 Å². The number of rotatable bonds is 8. The van der Waals surface area contributed by atoms with Crippen LogP contribution in [0.25, 0.3) is 0 Å². The highest BCUT2D eigenvalue weighted by molar-refractivity contribution is 7.84. The van der Waals surface area contributed by atoms with Crippen molar-refractivity contribution in [1.29, 1.82) is 0 Å². The first kappa shape index (κ1) is 15.4. The van der Waals surface area contributed by atoms with Gasteiger partial charge in [-0.15, -0.1) is 0 Å². The molecule has 0 radical (unpaired) electrons. The molecule has 0 aromatic carbocycles. The minimum atomic E-state index is -0.906. The molecule has 0 aliphatic heterocycles. The number of aromatic nitrogens is 2. The quantitative estimate of drug-likeness (QED) is 0.788. The predicted octanol–water partition coefficient (Wildman–Crippen LogP) is 2.23. The van der Waals surface area contributed by atoms with E-state index in [-0.39, 0.29) is 6.04 Å². The van der Waals surface area contributed by atoms with Crippen LogP contribution in [0.1, 0.15) is 51.8 Å². The highest BCUT2D eigenvalue weighted by atomic mass is 32.2. The van der Waals surface area contributed by atoms with Crippen molar-refractivity contribution in [3.63, 3.8) is 0 Å². The van der Waals surface area contributed by atoms with Crippen LogP contribution in [-0.2, 0) is 16.6 Å². The maximum Gasteiger partial charge on any atom is 0.0749 e. The van der Waals surface area contributed by atoms with E-state index < -0.39 is 10.8 Å². The summed E-state index contributed by atoms with van der Waals surface area (Å²) >= 11 is 0. The summed E-state index contributed by atoms with van der Waals surface area (Å²) in [5, 5.41) is 4.51. The first-order valence-corrected chi connectivity index (χ1v) is 8.24. The smallest absolute Gasteiger partial charge is 0.0749 e. The van der Waals surface area contributed by atoms with Crippen molar-refractivity contribution in [2.45, 2.75) is 57.9 Å². The molecule has 5 heteroatoms. The average Bonchev–Trinajstić information content (AvgIpc) is 2.78. The highest BCUT2D eigenvalue weighted by Gasteiger charge is 2.11. The molecule has 104 valence electrons. The summed E-state index contributed by atoms with van der Waals surface area (Å²) < 4.78 is 13.9. The number of hydrogen-bond acceptors (Lipinski definition) is 3. The van der Waals surface area contributed by atoms with Crippen LogP contribution in [0.2, 0.25) is 0 Å². The maximum atomic E-state index is 11.9. The van der Waals surface area contributed by atoms with Crippen molar-refractivity contribution >= 4 is 10.8 Å². The summed E-state index contributed by atoms with van der Waals surface area (Å²) in [5.41, 5.74) is 6.71. The fourth-order valence-electron chi connectivity index (χ4n) is 1.90. The third-order valence-electron chi connectivity index (χ3n) is 3.21. The van der Waals surface area contributed by atoms with Crippen molar-refractivity contribution < 1.29 is 4.21 Å². The van der Waals surface area contributed by atoms with Gasteiger partial charge < -0.3 is 5.73 Å². The van der Waals surface area contributed by atoms with Gasteiger partial charge in [0, 0.05) is 28.8 Å². The van der Waals surface area contributed by atoms with Gasteiger partial charge in [-0.05, 0) is 25.3 Å². The zero-order valence-electron chi connectivity index (χ0n) is 11.6. The van der Waals surface area contributed by atoms with Crippen LogP contribution in [0, 0.1) is 0 Å². The molecule has 0 spiro atoms. The summed E-state index contributed by atoms with van der Waals surface area (Å²) in [5.74, 6) is 1.08. The third kappa shape index (κ3) is 4.53. The Morgan fingerprint density at radius 1 is 1.33 bits per heavy atom. The molecule has 2 N–H and O–H groups in total. The van der Waals surface area contributed by atoms with E-state index in [4.69, 9.17) is 5.73 Å². The predicted molar refractivity (Wildman–Crippen MR) is 76.8 cm³/mol. The lowest BCUT2D eigenvalue weighted by molar-refractivity contribution is 0.426. The van der Waals surface area contributed by atoms with E-state index in [1.54, 1.807) is 0 Å². The molecule has 0 aliphatic rings. The van der Waals surface area contributed by atoms with Gasteiger partial charge in [-0.25, -0.2) is 0 Å². The fraction of sp³-hybridized carbons (Fsp3) is 0.769. The molecule has 0 saturated carbocycles. The lowest BCUT2D eigenvalue weighted by Gasteiger charge is -2.12. The van der Waals surface area contributed by atoms with Gasteiger partial charge in [0.15, 0.2) is 0 Å². The Morgan fingerprint density at radius 2 is 2.00 bits per heavy atom. The lowest BCUT2D eigenvalue weighted by Crippen LogP contribution is -2.26. The first-order chi connectivity index (χ1) is 8.60. The molecular weight excluding hydrogens is 246 g/mol. The minimum Gasteiger partial charge on any atom is -0.327 e. The molecule has 1 rings (SSSR count). The normalized spacial score (nSPS) is 14.9. The molecule has 1 aromatic heterocycles. The largest absolute Gasteiger partial charge is 0.327 e. The topological polar surface area (TPSA) is 60.9 Å². The SMILES string of the molecule is CCC(N)CS(=O)Cc1ccn(C(CC)CC)n1. The summed E-state index contributed by atoms with van der Waals surface area (Å²) in [4.78, 5) is 0. The van der Waals surface area contributed by atoms with E-state index in [1.165, 1.54) is 0 Å². The standard InChI is InChI=1S/C13H25N3OS/c1-4-11(14)9-18(17)10-12-7-8-16(15-12)13(5-2)6-3/h7-8,11,13H,4-6,9-10,14H2,1-3H3.